The van der Waals surface area contributed by atoms with Crippen LogP contribution in [0.4, 0.5) is 0 Å². The van der Waals surface area contributed by atoms with Crippen molar-refractivity contribution < 1.29 is 9.53 Å². The Morgan fingerprint density at radius 3 is 2.73 bits per heavy atom. The van der Waals surface area contributed by atoms with Crippen LogP contribution in [0.15, 0.2) is 36.5 Å². The van der Waals surface area contributed by atoms with Crippen LogP contribution in [0.1, 0.15) is 25.8 Å². The number of hydrogen-bond acceptors (Lipinski definition) is 3. The van der Waals surface area contributed by atoms with Gasteiger partial charge in [-0.2, -0.15) is 0 Å². The first-order chi connectivity index (χ1) is 12.6. The molecule has 0 unspecified atom stereocenters. The molecule has 0 aliphatic carbocycles. The number of aromatic nitrogens is 1. The summed E-state index contributed by atoms with van der Waals surface area (Å²) in [5, 5.41) is 1.26. The van der Waals surface area contributed by atoms with Gasteiger partial charge in [-0.25, -0.2) is 0 Å². The number of ether oxygens (including phenoxy) is 1. The van der Waals surface area contributed by atoms with Crippen molar-refractivity contribution in [3.63, 3.8) is 0 Å². The number of fused-ring (bicyclic) bond motifs is 1. The molecule has 0 bridgehead atoms. The van der Waals surface area contributed by atoms with Crippen LogP contribution < -0.4 is 0 Å². The number of carbonyl (C=O) groups excluding carboxylic acids is 1. The van der Waals surface area contributed by atoms with Gasteiger partial charge >= 0.3 is 0 Å². The number of para-hydroxylation sites is 1. The molecule has 1 saturated heterocycles. The van der Waals surface area contributed by atoms with E-state index in [1.165, 1.54) is 16.5 Å². The molecule has 5 nitrogen and oxygen atoms in total. The number of H-pyrrole nitrogens is 1. The van der Waals surface area contributed by atoms with Crippen molar-refractivity contribution in [2.75, 3.05) is 32.7 Å². The average Bonchev–Trinajstić information content (AvgIpc) is 3.05. The van der Waals surface area contributed by atoms with Gasteiger partial charge < -0.3 is 14.6 Å². The first-order valence-corrected chi connectivity index (χ1v) is 9.51. The fourth-order valence-corrected chi connectivity index (χ4v) is 4.18. The SMILES string of the molecule is C[C@H]1CN(CC(=O)N2CC=C(c3c[nH]c4ccccc34)CC2)C[C@H](C)O1. The third kappa shape index (κ3) is 3.55. The van der Waals surface area contributed by atoms with Gasteiger partial charge in [0.25, 0.3) is 0 Å². The van der Waals surface area contributed by atoms with Crippen molar-refractivity contribution in [1.29, 1.82) is 0 Å². The Morgan fingerprint density at radius 1 is 1.23 bits per heavy atom. The fraction of sp³-hybridized carbons (Fsp3) is 0.476. The summed E-state index contributed by atoms with van der Waals surface area (Å²) >= 11 is 0. The highest BCUT2D eigenvalue weighted by atomic mass is 16.5. The maximum atomic E-state index is 12.7. The van der Waals surface area contributed by atoms with Gasteiger partial charge in [0.2, 0.25) is 5.91 Å². The van der Waals surface area contributed by atoms with Crippen LogP contribution in [0.25, 0.3) is 16.5 Å². The summed E-state index contributed by atoms with van der Waals surface area (Å²) in [4.78, 5) is 20.2. The zero-order chi connectivity index (χ0) is 18.1. The number of carbonyl (C=O) groups is 1. The number of benzene rings is 1. The molecule has 3 heterocycles. The summed E-state index contributed by atoms with van der Waals surface area (Å²) in [5.74, 6) is 0.223. The smallest absolute Gasteiger partial charge is 0.237 e. The molecule has 1 fully saturated rings. The second-order valence-electron chi connectivity index (χ2n) is 7.52. The molecule has 0 radical (unpaired) electrons. The lowest BCUT2D eigenvalue weighted by atomic mass is 9.99. The van der Waals surface area contributed by atoms with Crippen molar-refractivity contribution in [3.05, 3.63) is 42.1 Å². The predicted octanol–water partition coefficient (Wildman–Crippen LogP) is 2.89. The molecule has 0 saturated carbocycles. The Hall–Kier alpha value is -2.11. The fourth-order valence-electron chi connectivity index (χ4n) is 4.18. The topological polar surface area (TPSA) is 48.6 Å². The Bertz CT molecular complexity index is 816. The quantitative estimate of drug-likeness (QED) is 0.923. The summed E-state index contributed by atoms with van der Waals surface area (Å²) in [6.07, 6.45) is 5.60. The lowest BCUT2D eigenvalue weighted by Gasteiger charge is -2.36. The van der Waals surface area contributed by atoms with E-state index in [4.69, 9.17) is 4.74 Å². The molecule has 5 heteroatoms. The number of nitrogens with one attached hydrogen (secondary N) is 1. The van der Waals surface area contributed by atoms with Crippen molar-refractivity contribution in [1.82, 2.24) is 14.8 Å². The lowest BCUT2D eigenvalue weighted by Crippen LogP contribution is -2.50. The van der Waals surface area contributed by atoms with Crippen LogP contribution in [-0.4, -0.2) is 65.6 Å². The van der Waals surface area contributed by atoms with Crippen molar-refractivity contribution in [2.24, 2.45) is 0 Å². The van der Waals surface area contributed by atoms with E-state index in [1.54, 1.807) is 0 Å². The minimum absolute atomic E-state index is 0.196. The first kappa shape index (κ1) is 17.3. The van der Waals surface area contributed by atoms with E-state index in [2.05, 4.69) is 54.2 Å². The molecule has 2 atom stereocenters. The molecule has 2 aromatic rings. The molecule has 26 heavy (non-hydrogen) atoms. The summed E-state index contributed by atoms with van der Waals surface area (Å²) in [7, 11) is 0. The molecule has 2 aliphatic rings. The molecule has 4 rings (SSSR count). The third-order valence-electron chi connectivity index (χ3n) is 5.35. The zero-order valence-corrected chi connectivity index (χ0v) is 15.6. The number of nitrogens with zero attached hydrogens (tertiary/aromatic N) is 2. The number of morpholine rings is 1. The van der Waals surface area contributed by atoms with Crippen molar-refractivity contribution >= 4 is 22.4 Å². The molecule has 1 N–H and O–H groups in total. The summed E-state index contributed by atoms with van der Waals surface area (Å²) in [6.45, 7) is 7.80. The van der Waals surface area contributed by atoms with E-state index in [0.29, 0.717) is 13.1 Å². The second kappa shape index (κ2) is 7.25. The predicted molar refractivity (Wildman–Crippen MR) is 104 cm³/mol. The Kier molecular flexibility index (Phi) is 4.83. The number of amides is 1. The van der Waals surface area contributed by atoms with Crippen LogP contribution in [0.3, 0.4) is 0 Å². The molecule has 1 aromatic carbocycles. The van der Waals surface area contributed by atoms with Crippen LogP contribution in [0.2, 0.25) is 0 Å². The number of rotatable bonds is 3. The number of hydrogen-bond donors (Lipinski definition) is 1. The van der Waals surface area contributed by atoms with Gasteiger partial charge in [0.15, 0.2) is 0 Å². The summed E-state index contributed by atoms with van der Waals surface area (Å²) in [5.41, 5.74) is 3.76. The van der Waals surface area contributed by atoms with Gasteiger partial charge in [0.05, 0.1) is 18.8 Å². The van der Waals surface area contributed by atoms with E-state index >= 15 is 0 Å². The van der Waals surface area contributed by atoms with Gasteiger partial charge in [-0.1, -0.05) is 24.3 Å². The van der Waals surface area contributed by atoms with E-state index in [-0.39, 0.29) is 18.1 Å². The second-order valence-corrected chi connectivity index (χ2v) is 7.52. The van der Waals surface area contributed by atoms with E-state index in [9.17, 15) is 4.79 Å². The normalized spacial score (nSPS) is 24.7. The van der Waals surface area contributed by atoms with Gasteiger partial charge in [-0.05, 0) is 31.9 Å². The maximum Gasteiger partial charge on any atom is 0.237 e. The lowest BCUT2D eigenvalue weighted by molar-refractivity contribution is -0.135. The molecule has 0 spiro atoms. The highest BCUT2D eigenvalue weighted by Gasteiger charge is 2.26. The maximum absolute atomic E-state index is 12.7. The molecule has 1 amide bonds. The minimum atomic E-state index is 0.196. The number of aromatic amines is 1. The van der Waals surface area contributed by atoms with Crippen LogP contribution in [0.5, 0.6) is 0 Å². The Balaban J connectivity index is 1.40. The highest BCUT2D eigenvalue weighted by molar-refractivity contribution is 5.93. The van der Waals surface area contributed by atoms with E-state index in [0.717, 1.165) is 31.6 Å². The third-order valence-corrected chi connectivity index (χ3v) is 5.35. The zero-order valence-electron chi connectivity index (χ0n) is 15.6. The molecular formula is C21H27N3O2. The van der Waals surface area contributed by atoms with Gasteiger partial charge in [-0.15, -0.1) is 0 Å². The summed E-state index contributed by atoms with van der Waals surface area (Å²) in [6, 6.07) is 8.37. The average molecular weight is 353 g/mol. The molecule has 138 valence electrons. The van der Waals surface area contributed by atoms with E-state index in [1.807, 2.05) is 11.0 Å². The monoisotopic (exact) mass is 353 g/mol. The summed E-state index contributed by atoms with van der Waals surface area (Å²) < 4.78 is 5.75. The van der Waals surface area contributed by atoms with Gasteiger partial charge in [-0.3, -0.25) is 9.69 Å². The molecule has 2 aliphatic heterocycles. The molecular weight excluding hydrogens is 326 g/mol. The Labute approximate surface area is 154 Å². The van der Waals surface area contributed by atoms with Gasteiger partial charge in [0, 0.05) is 48.8 Å². The standard InChI is InChI=1S/C21H27N3O2/c1-15-12-23(13-16(2)26-15)14-21(25)24-9-7-17(8-10-24)19-11-22-20-6-4-3-5-18(19)20/h3-7,11,15-16,22H,8-10,12-14H2,1-2H3/t15-,16-/m0/s1. The van der Waals surface area contributed by atoms with Crippen LogP contribution in [-0.2, 0) is 9.53 Å². The molecule has 1 aromatic heterocycles. The Morgan fingerprint density at radius 2 is 2.00 bits per heavy atom. The highest BCUT2D eigenvalue weighted by Crippen LogP contribution is 2.29. The van der Waals surface area contributed by atoms with Crippen LogP contribution in [0, 0.1) is 0 Å². The van der Waals surface area contributed by atoms with Gasteiger partial charge in [0.1, 0.15) is 0 Å². The minimum Gasteiger partial charge on any atom is -0.373 e. The van der Waals surface area contributed by atoms with Crippen molar-refractivity contribution in [3.8, 4) is 0 Å². The largest absolute Gasteiger partial charge is 0.373 e. The van der Waals surface area contributed by atoms with Crippen molar-refractivity contribution in [2.45, 2.75) is 32.5 Å². The van der Waals surface area contributed by atoms with Crippen LogP contribution >= 0.6 is 0 Å². The van der Waals surface area contributed by atoms with E-state index < -0.39 is 0 Å². The first-order valence-electron chi connectivity index (χ1n) is 9.51.